The van der Waals surface area contributed by atoms with Gasteiger partial charge in [0.05, 0.1) is 0 Å². The smallest absolute Gasteiger partial charge is 0.315 e. The predicted octanol–water partition coefficient (Wildman–Crippen LogP) is 4.11. The third kappa shape index (κ3) is 4.84. The van der Waals surface area contributed by atoms with Crippen molar-refractivity contribution in [1.29, 1.82) is 0 Å². The molecule has 3 amide bonds. The highest BCUT2D eigenvalue weighted by molar-refractivity contribution is 6.31. The molecule has 2 N–H and O–H groups in total. The first-order chi connectivity index (χ1) is 13.5. The van der Waals surface area contributed by atoms with Crippen LogP contribution in [0.3, 0.4) is 0 Å². The second-order valence-corrected chi connectivity index (χ2v) is 7.74. The lowest BCUT2D eigenvalue weighted by atomic mass is 9.95. The monoisotopic (exact) mass is 399 g/mol. The van der Waals surface area contributed by atoms with Crippen molar-refractivity contribution in [1.82, 2.24) is 15.5 Å². The topological polar surface area (TPSA) is 61.4 Å². The number of nitrogens with one attached hydrogen (secondary N) is 2. The fourth-order valence-corrected chi connectivity index (χ4v) is 3.93. The van der Waals surface area contributed by atoms with Crippen molar-refractivity contribution in [2.75, 3.05) is 7.05 Å². The summed E-state index contributed by atoms with van der Waals surface area (Å²) in [4.78, 5) is 27.4. The van der Waals surface area contributed by atoms with Crippen molar-refractivity contribution in [2.45, 2.75) is 44.3 Å². The lowest BCUT2D eigenvalue weighted by Gasteiger charge is -2.33. The molecule has 28 heavy (non-hydrogen) atoms. The maximum absolute atomic E-state index is 13.2. The highest BCUT2D eigenvalue weighted by atomic mass is 35.5. The zero-order valence-corrected chi connectivity index (χ0v) is 16.8. The fraction of sp³-hybridized carbons (Fsp3) is 0.364. The van der Waals surface area contributed by atoms with Crippen LogP contribution in [0.2, 0.25) is 5.02 Å². The molecule has 1 aliphatic carbocycles. The van der Waals surface area contributed by atoms with Crippen LogP contribution in [0.5, 0.6) is 0 Å². The Balaban J connectivity index is 1.64. The minimum atomic E-state index is -0.850. The Hall–Kier alpha value is -2.53. The molecule has 2 aromatic rings. The molecule has 0 bridgehead atoms. The number of carbonyl (C=O) groups excluding carboxylic acids is 2. The predicted molar refractivity (Wildman–Crippen MR) is 111 cm³/mol. The summed E-state index contributed by atoms with van der Waals surface area (Å²) >= 11 is 6.23. The maximum Gasteiger partial charge on any atom is 0.315 e. The zero-order chi connectivity index (χ0) is 20.0. The number of rotatable bonds is 6. The molecule has 0 spiro atoms. The van der Waals surface area contributed by atoms with E-state index < -0.39 is 5.54 Å². The molecule has 6 heteroatoms. The van der Waals surface area contributed by atoms with Crippen molar-refractivity contribution in [3.63, 3.8) is 0 Å². The van der Waals surface area contributed by atoms with E-state index in [9.17, 15) is 9.59 Å². The summed E-state index contributed by atoms with van der Waals surface area (Å²) in [7, 11) is 1.76. The summed E-state index contributed by atoms with van der Waals surface area (Å²) < 4.78 is 0. The third-order valence-corrected chi connectivity index (χ3v) is 5.60. The molecular weight excluding hydrogens is 374 g/mol. The van der Waals surface area contributed by atoms with Gasteiger partial charge in [-0.2, -0.15) is 0 Å². The highest BCUT2D eigenvalue weighted by Crippen LogP contribution is 2.32. The van der Waals surface area contributed by atoms with Gasteiger partial charge in [-0.05, 0) is 30.0 Å². The van der Waals surface area contributed by atoms with Crippen molar-refractivity contribution >= 4 is 23.5 Å². The van der Waals surface area contributed by atoms with Gasteiger partial charge in [-0.1, -0.05) is 73.0 Å². The van der Waals surface area contributed by atoms with Crippen LogP contribution in [0.4, 0.5) is 4.79 Å². The van der Waals surface area contributed by atoms with E-state index in [1.54, 1.807) is 11.9 Å². The molecule has 0 radical (unpaired) electrons. The number of nitrogens with zero attached hydrogens (tertiary/aromatic N) is 1. The first-order valence-electron chi connectivity index (χ1n) is 9.59. The molecular formula is C22H26ClN3O2. The average Bonchev–Trinajstić information content (AvgIpc) is 3.18. The lowest BCUT2D eigenvalue weighted by Crippen LogP contribution is -2.59. The van der Waals surface area contributed by atoms with Crippen molar-refractivity contribution < 1.29 is 9.59 Å². The number of amides is 3. The Bertz CT molecular complexity index is 820. The van der Waals surface area contributed by atoms with Gasteiger partial charge in [0.25, 0.3) is 0 Å². The molecule has 0 aromatic heterocycles. The lowest BCUT2D eigenvalue weighted by molar-refractivity contribution is -0.137. The van der Waals surface area contributed by atoms with Gasteiger partial charge >= 0.3 is 6.03 Å². The van der Waals surface area contributed by atoms with Crippen LogP contribution >= 0.6 is 11.6 Å². The van der Waals surface area contributed by atoms with E-state index in [2.05, 4.69) is 10.6 Å². The fourth-order valence-electron chi connectivity index (χ4n) is 3.73. The van der Waals surface area contributed by atoms with E-state index in [4.69, 9.17) is 11.6 Å². The Labute approximate surface area is 171 Å². The first kappa shape index (κ1) is 20.2. The number of likely N-dealkylation sites (N-methyl/N-ethyl adjacent to an activating group) is 1. The van der Waals surface area contributed by atoms with Crippen LogP contribution in [0.1, 0.15) is 36.8 Å². The van der Waals surface area contributed by atoms with Crippen LogP contribution in [-0.2, 0) is 17.9 Å². The summed E-state index contributed by atoms with van der Waals surface area (Å²) in [5.41, 5.74) is 1.05. The highest BCUT2D eigenvalue weighted by Gasteiger charge is 2.44. The van der Waals surface area contributed by atoms with Crippen molar-refractivity contribution in [2.24, 2.45) is 0 Å². The SMILES string of the molecule is CN(Cc1ccccc1Cl)C(=O)C1(NC(=O)NCc2ccccc2)CCCC1. The molecule has 0 atom stereocenters. The number of carbonyl (C=O) groups is 2. The number of halogens is 1. The van der Waals surface area contributed by atoms with Gasteiger partial charge in [0.15, 0.2) is 0 Å². The van der Waals surface area contributed by atoms with Gasteiger partial charge < -0.3 is 15.5 Å². The van der Waals surface area contributed by atoms with E-state index >= 15 is 0 Å². The van der Waals surface area contributed by atoms with Gasteiger partial charge in [0, 0.05) is 25.2 Å². The number of benzene rings is 2. The molecule has 1 aliphatic rings. The minimum Gasteiger partial charge on any atom is -0.339 e. The molecule has 2 aromatic carbocycles. The summed E-state index contributed by atoms with van der Waals surface area (Å²) in [6.45, 7) is 0.833. The second kappa shape index (κ2) is 9.11. The van der Waals surface area contributed by atoms with E-state index in [1.165, 1.54) is 0 Å². The van der Waals surface area contributed by atoms with Gasteiger partial charge in [0.2, 0.25) is 5.91 Å². The summed E-state index contributed by atoms with van der Waals surface area (Å²) in [5.74, 6) is -0.0696. The molecule has 0 saturated heterocycles. The Morgan fingerprint density at radius 2 is 1.68 bits per heavy atom. The van der Waals surface area contributed by atoms with Crippen LogP contribution < -0.4 is 10.6 Å². The quantitative estimate of drug-likeness (QED) is 0.767. The summed E-state index contributed by atoms with van der Waals surface area (Å²) in [6.07, 6.45) is 3.14. The largest absolute Gasteiger partial charge is 0.339 e. The van der Waals surface area contributed by atoms with Crippen LogP contribution in [0, 0.1) is 0 Å². The van der Waals surface area contributed by atoms with Crippen LogP contribution in [-0.4, -0.2) is 29.4 Å². The third-order valence-electron chi connectivity index (χ3n) is 5.23. The Kier molecular flexibility index (Phi) is 6.57. The molecule has 148 valence electrons. The normalized spacial score (nSPS) is 15.1. The standard InChI is InChI=1S/C22H26ClN3O2/c1-26(16-18-11-5-6-12-19(18)23)20(27)22(13-7-8-14-22)25-21(28)24-15-17-9-3-2-4-10-17/h2-6,9-12H,7-8,13-16H2,1H3,(H2,24,25,28). The number of hydrogen-bond acceptors (Lipinski definition) is 2. The van der Waals surface area contributed by atoms with Gasteiger partial charge in [-0.3, -0.25) is 4.79 Å². The molecule has 0 unspecified atom stereocenters. The van der Waals surface area contributed by atoms with E-state index in [0.717, 1.165) is 24.0 Å². The Morgan fingerprint density at radius 3 is 2.36 bits per heavy atom. The van der Waals surface area contributed by atoms with Gasteiger partial charge in [-0.25, -0.2) is 4.79 Å². The van der Waals surface area contributed by atoms with Gasteiger partial charge in [0.1, 0.15) is 5.54 Å². The zero-order valence-electron chi connectivity index (χ0n) is 16.1. The molecule has 0 heterocycles. The summed E-state index contributed by atoms with van der Waals surface area (Å²) in [6, 6.07) is 16.9. The second-order valence-electron chi connectivity index (χ2n) is 7.34. The molecule has 1 fully saturated rings. The molecule has 3 rings (SSSR count). The molecule has 0 aliphatic heterocycles. The van der Waals surface area contributed by atoms with Crippen molar-refractivity contribution in [3.05, 3.63) is 70.7 Å². The van der Waals surface area contributed by atoms with Crippen LogP contribution in [0.15, 0.2) is 54.6 Å². The summed E-state index contributed by atoms with van der Waals surface area (Å²) in [5, 5.41) is 6.47. The van der Waals surface area contributed by atoms with Crippen molar-refractivity contribution in [3.8, 4) is 0 Å². The van der Waals surface area contributed by atoms with E-state index in [-0.39, 0.29) is 11.9 Å². The number of hydrogen-bond donors (Lipinski definition) is 2. The van der Waals surface area contributed by atoms with E-state index in [0.29, 0.717) is 31.0 Å². The van der Waals surface area contributed by atoms with E-state index in [1.807, 2.05) is 54.6 Å². The molecule has 5 nitrogen and oxygen atoms in total. The van der Waals surface area contributed by atoms with Crippen LogP contribution in [0.25, 0.3) is 0 Å². The number of urea groups is 1. The van der Waals surface area contributed by atoms with Gasteiger partial charge in [-0.15, -0.1) is 0 Å². The minimum absolute atomic E-state index is 0.0696. The maximum atomic E-state index is 13.2. The Morgan fingerprint density at radius 1 is 1.04 bits per heavy atom. The average molecular weight is 400 g/mol. The first-order valence-corrected chi connectivity index (χ1v) is 9.97. The molecule has 1 saturated carbocycles.